The van der Waals surface area contributed by atoms with Gasteiger partial charge in [0.1, 0.15) is 5.58 Å². The maximum atomic E-state index is 6.08. The van der Waals surface area contributed by atoms with Gasteiger partial charge in [-0.15, -0.1) is 0 Å². The molecule has 0 aliphatic rings. The zero-order valence-corrected chi connectivity index (χ0v) is 20.1. The number of benzene rings is 3. The van der Waals surface area contributed by atoms with Crippen molar-refractivity contribution in [2.24, 2.45) is 5.92 Å². The Kier molecular flexibility index (Phi) is 5.32. The van der Waals surface area contributed by atoms with Gasteiger partial charge in [0.2, 0.25) is 0 Å². The lowest BCUT2D eigenvalue weighted by Crippen LogP contribution is -2.12. The molecular formula is C31H31NO. The monoisotopic (exact) mass is 433 g/mol. The van der Waals surface area contributed by atoms with E-state index in [1.54, 1.807) is 0 Å². The predicted octanol–water partition coefficient (Wildman–Crippen LogP) is 8.81. The van der Waals surface area contributed by atoms with E-state index in [1.165, 1.54) is 27.3 Å². The van der Waals surface area contributed by atoms with Gasteiger partial charge >= 0.3 is 0 Å². The first-order valence-corrected chi connectivity index (χ1v) is 11.8. The molecule has 0 bridgehead atoms. The molecule has 0 saturated heterocycles. The summed E-state index contributed by atoms with van der Waals surface area (Å²) in [5, 5.41) is 3.72. The highest BCUT2D eigenvalue weighted by atomic mass is 16.3. The van der Waals surface area contributed by atoms with Crippen molar-refractivity contribution in [3.05, 3.63) is 90.3 Å². The van der Waals surface area contributed by atoms with Gasteiger partial charge in [-0.3, -0.25) is 4.98 Å². The van der Waals surface area contributed by atoms with Crippen molar-refractivity contribution >= 4 is 21.7 Å². The highest BCUT2D eigenvalue weighted by Gasteiger charge is 2.19. The van der Waals surface area contributed by atoms with Crippen LogP contribution in [0.2, 0.25) is 0 Å². The van der Waals surface area contributed by atoms with Crippen LogP contribution in [-0.2, 0) is 11.8 Å². The molecule has 0 radical (unpaired) electrons. The zero-order valence-electron chi connectivity index (χ0n) is 20.1. The Balaban J connectivity index is 1.64. The molecule has 2 aromatic heterocycles. The second-order valence-electron chi connectivity index (χ2n) is 10.5. The molecule has 0 aliphatic carbocycles. The van der Waals surface area contributed by atoms with Gasteiger partial charge in [-0.25, -0.2) is 0 Å². The van der Waals surface area contributed by atoms with E-state index >= 15 is 0 Å². The summed E-state index contributed by atoms with van der Waals surface area (Å²) in [5.41, 5.74) is 8.04. The second kappa shape index (κ2) is 8.19. The van der Waals surface area contributed by atoms with E-state index in [0.717, 1.165) is 34.4 Å². The molecule has 0 atom stereocenters. The molecule has 0 spiro atoms. The topological polar surface area (TPSA) is 26.0 Å². The lowest BCUT2D eigenvalue weighted by molar-refractivity contribution is 0.596. The van der Waals surface area contributed by atoms with Gasteiger partial charge in [-0.05, 0) is 69.5 Å². The first kappa shape index (κ1) is 21.5. The van der Waals surface area contributed by atoms with E-state index in [-0.39, 0.29) is 5.41 Å². The van der Waals surface area contributed by atoms with Gasteiger partial charge < -0.3 is 4.42 Å². The number of hydrogen-bond donors (Lipinski definition) is 0. The van der Waals surface area contributed by atoms with Crippen molar-refractivity contribution in [2.45, 2.75) is 46.5 Å². The summed E-state index contributed by atoms with van der Waals surface area (Å²) in [5.74, 6) is 0.585. The minimum atomic E-state index is 0.0425. The van der Waals surface area contributed by atoms with E-state index in [2.05, 4.69) is 101 Å². The molecule has 5 aromatic rings. The molecule has 0 unspecified atom stereocenters. The van der Waals surface area contributed by atoms with Crippen LogP contribution >= 0.6 is 0 Å². The quantitative estimate of drug-likeness (QED) is 0.283. The number of rotatable bonds is 4. The Labute approximate surface area is 196 Å². The van der Waals surface area contributed by atoms with Gasteiger partial charge in [0, 0.05) is 22.7 Å². The minimum Gasteiger partial charge on any atom is -0.463 e. The lowest BCUT2D eigenvalue weighted by atomic mass is 9.82. The van der Waals surface area contributed by atoms with Crippen molar-refractivity contribution in [3.8, 4) is 22.4 Å². The van der Waals surface area contributed by atoms with Crippen LogP contribution in [0.5, 0.6) is 0 Å². The number of fused-ring (bicyclic) bond motifs is 2. The highest BCUT2D eigenvalue weighted by Crippen LogP contribution is 2.37. The van der Waals surface area contributed by atoms with Crippen molar-refractivity contribution in [2.75, 3.05) is 0 Å². The fourth-order valence-corrected chi connectivity index (χ4v) is 4.78. The molecule has 2 heteroatoms. The third kappa shape index (κ3) is 4.06. The number of nitrogens with zero attached hydrogens (tertiary/aromatic N) is 1. The fraction of sp³-hybridized carbons (Fsp3) is 0.258. The standard InChI is InChI=1S/C31H31NO/c1-20(2)15-23-10-8-12-26-27(19-33-30(23)26)22-13-14-32-29(18-22)24-16-21-9-6-7-11-25(21)28(17-24)31(3,4)5/h6-14,16-20H,15H2,1-5H3. The number of furan rings is 1. The minimum absolute atomic E-state index is 0.0425. The van der Waals surface area contributed by atoms with Crippen LogP contribution in [0.4, 0.5) is 0 Å². The highest BCUT2D eigenvalue weighted by molar-refractivity contribution is 5.96. The summed E-state index contributed by atoms with van der Waals surface area (Å²) >= 11 is 0. The molecule has 166 valence electrons. The second-order valence-corrected chi connectivity index (χ2v) is 10.5. The third-order valence-corrected chi connectivity index (χ3v) is 6.35. The number of hydrogen-bond acceptors (Lipinski definition) is 2. The fourth-order valence-electron chi connectivity index (χ4n) is 4.78. The summed E-state index contributed by atoms with van der Waals surface area (Å²) in [4.78, 5) is 4.76. The summed E-state index contributed by atoms with van der Waals surface area (Å²) in [6, 6.07) is 23.9. The Morgan fingerprint density at radius 3 is 2.42 bits per heavy atom. The van der Waals surface area contributed by atoms with Gasteiger partial charge in [-0.2, -0.15) is 0 Å². The molecular weight excluding hydrogens is 402 g/mol. The van der Waals surface area contributed by atoms with Gasteiger partial charge in [0.15, 0.2) is 0 Å². The molecule has 2 nitrogen and oxygen atoms in total. The first-order valence-electron chi connectivity index (χ1n) is 11.8. The van der Waals surface area contributed by atoms with Crippen LogP contribution in [-0.4, -0.2) is 4.98 Å². The van der Waals surface area contributed by atoms with Crippen molar-refractivity contribution in [1.29, 1.82) is 0 Å². The average Bonchev–Trinajstić information content (AvgIpc) is 3.23. The average molecular weight is 434 g/mol. The zero-order chi connectivity index (χ0) is 23.2. The van der Waals surface area contributed by atoms with Crippen LogP contribution in [0.15, 0.2) is 83.6 Å². The smallest absolute Gasteiger partial charge is 0.137 e. The molecule has 0 aliphatic heterocycles. The van der Waals surface area contributed by atoms with Gasteiger partial charge in [-0.1, -0.05) is 77.1 Å². The molecule has 0 fully saturated rings. The van der Waals surface area contributed by atoms with Crippen molar-refractivity contribution in [3.63, 3.8) is 0 Å². The predicted molar refractivity (Wildman–Crippen MR) is 140 cm³/mol. The van der Waals surface area contributed by atoms with Gasteiger partial charge in [0.05, 0.1) is 12.0 Å². The summed E-state index contributed by atoms with van der Waals surface area (Å²) in [6.07, 6.45) is 4.82. The molecule has 5 rings (SSSR count). The molecule has 0 N–H and O–H groups in total. The summed E-state index contributed by atoms with van der Waals surface area (Å²) in [6.45, 7) is 11.3. The Morgan fingerprint density at radius 1 is 0.848 bits per heavy atom. The van der Waals surface area contributed by atoms with Crippen molar-refractivity contribution < 1.29 is 4.42 Å². The number of pyridine rings is 1. The molecule has 0 amide bonds. The van der Waals surface area contributed by atoms with E-state index < -0.39 is 0 Å². The van der Waals surface area contributed by atoms with Crippen LogP contribution in [0.1, 0.15) is 45.7 Å². The van der Waals surface area contributed by atoms with E-state index in [1.807, 2.05) is 12.5 Å². The van der Waals surface area contributed by atoms with Crippen molar-refractivity contribution in [1.82, 2.24) is 4.98 Å². The van der Waals surface area contributed by atoms with Crippen LogP contribution < -0.4 is 0 Å². The van der Waals surface area contributed by atoms with Gasteiger partial charge in [0.25, 0.3) is 0 Å². The maximum Gasteiger partial charge on any atom is 0.137 e. The largest absolute Gasteiger partial charge is 0.463 e. The SMILES string of the molecule is CC(C)Cc1cccc2c(-c3ccnc(-c4cc(C(C)(C)C)c5ccccc5c4)c3)coc12. The molecule has 33 heavy (non-hydrogen) atoms. The Morgan fingerprint density at radius 2 is 1.64 bits per heavy atom. The molecule has 0 saturated carbocycles. The van der Waals surface area contributed by atoms with E-state index in [0.29, 0.717) is 5.92 Å². The first-order chi connectivity index (χ1) is 15.8. The lowest BCUT2D eigenvalue weighted by Gasteiger charge is -2.22. The number of aromatic nitrogens is 1. The van der Waals surface area contributed by atoms with Crippen LogP contribution in [0.3, 0.4) is 0 Å². The van der Waals surface area contributed by atoms with Crippen LogP contribution in [0.25, 0.3) is 44.1 Å². The summed E-state index contributed by atoms with van der Waals surface area (Å²) < 4.78 is 6.08. The maximum absolute atomic E-state index is 6.08. The normalized spacial score (nSPS) is 12.2. The van der Waals surface area contributed by atoms with E-state index in [9.17, 15) is 0 Å². The Hall–Kier alpha value is -3.39. The Bertz CT molecular complexity index is 1450. The third-order valence-electron chi connectivity index (χ3n) is 6.35. The van der Waals surface area contributed by atoms with E-state index in [4.69, 9.17) is 9.40 Å². The number of para-hydroxylation sites is 1. The summed E-state index contributed by atoms with van der Waals surface area (Å²) in [7, 11) is 0. The molecule has 2 heterocycles. The van der Waals surface area contributed by atoms with Crippen LogP contribution in [0, 0.1) is 5.92 Å². The molecule has 3 aromatic carbocycles.